The van der Waals surface area contributed by atoms with Crippen LogP contribution in [0.25, 0.3) is 0 Å². The fourth-order valence-corrected chi connectivity index (χ4v) is 3.90. The van der Waals surface area contributed by atoms with Crippen molar-refractivity contribution in [2.24, 2.45) is 4.99 Å². The third-order valence-corrected chi connectivity index (χ3v) is 5.59. The smallest absolute Gasteiger partial charge is 0.191 e. The predicted octanol–water partition coefficient (Wildman–Crippen LogP) is 3.23. The van der Waals surface area contributed by atoms with Gasteiger partial charge in [-0.25, -0.2) is 0 Å². The maximum atomic E-state index is 4.40. The van der Waals surface area contributed by atoms with Gasteiger partial charge in [-0.05, 0) is 63.9 Å². The van der Waals surface area contributed by atoms with Crippen LogP contribution in [0, 0.1) is 0 Å². The summed E-state index contributed by atoms with van der Waals surface area (Å²) >= 11 is 0. The van der Waals surface area contributed by atoms with Crippen molar-refractivity contribution in [2.75, 3.05) is 45.2 Å². The highest BCUT2D eigenvalue weighted by atomic mass is 127. The van der Waals surface area contributed by atoms with Gasteiger partial charge in [0.25, 0.3) is 0 Å². The molecule has 146 valence electrons. The summed E-state index contributed by atoms with van der Waals surface area (Å²) in [4.78, 5) is 9.32. The van der Waals surface area contributed by atoms with Crippen molar-refractivity contribution in [3.8, 4) is 0 Å². The summed E-state index contributed by atoms with van der Waals surface area (Å²) in [6, 6.07) is 9.77. The van der Waals surface area contributed by atoms with Gasteiger partial charge in [-0.3, -0.25) is 4.99 Å². The number of aliphatic imine (C=N–C) groups is 1. The van der Waals surface area contributed by atoms with Crippen LogP contribution in [0.5, 0.6) is 0 Å². The molecule has 0 saturated carbocycles. The van der Waals surface area contributed by atoms with Crippen molar-refractivity contribution in [3.05, 3.63) is 29.8 Å². The highest BCUT2D eigenvalue weighted by Gasteiger charge is 2.21. The topological polar surface area (TPSA) is 42.9 Å². The molecule has 2 aliphatic heterocycles. The quantitative estimate of drug-likeness (QED) is 0.393. The van der Waals surface area contributed by atoms with Crippen LogP contribution in [-0.4, -0.2) is 57.2 Å². The first-order valence-electron chi connectivity index (χ1n) is 9.69. The van der Waals surface area contributed by atoms with Gasteiger partial charge in [0.05, 0.1) is 6.04 Å². The van der Waals surface area contributed by atoms with Crippen LogP contribution in [0.1, 0.15) is 44.2 Å². The first-order valence-corrected chi connectivity index (χ1v) is 9.69. The molecule has 26 heavy (non-hydrogen) atoms. The zero-order valence-electron chi connectivity index (χ0n) is 16.4. The molecule has 5 nitrogen and oxygen atoms in total. The minimum atomic E-state index is 0. The highest BCUT2D eigenvalue weighted by Crippen LogP contribution is 2.24. The second-order valence-corrected chi connectivity index (χ2v) is 7.38. The minimum absolute atomic E-state index is 0. The van der Waals surface area contributed by atoms with E-state index in [0.29, 0.717) is 6.04 Å². The maximum Gasteiger partial charge on any atom is 0.191 e. The van der Waals surface area contributed by atoms with E-state index >= 15 is 0 Å². The molecule has 1 aromatic rings. The Kier molecular flexibility index (Phi) is 8.47. The van der Waals surface area contributed by atoms with E-state index < -0.39 is 0 Å². The van der Waals surface area contributed by atoms with Crippen molar-refractivity contribution in [2.45, 2.75) is 44.7 Å². The van der Waals surface area contributed by atoms with Crippen molar-refractivity contribution >= 4 is 35.6 Å². The average Bonchev–Trinajstić information content (AvgIpc) is 3.30. The van der Waals surface area contributed by atoms with Crippen molar-refractivity contribution in [1.82, 2.24) is 15.5 Å². The van der Waals surface area contributed by atoms with E-state index in [9.17, 15) is 0 Å². The summed E-state index contributed by atoms with van der Waals surface area (Å²) < 4.78 is 0. The van der Waals surface area contributed by atoms with E-state index in [-0.39, 0.29) is 30.0 Å². The molecule has 0 aromatic heterocycles. The lowest BCUT2D eigenvalue weighted by Gasteiger charge is -2.24. The van der Waals surface area contributed by atoms with Gasteiger partial charge in [-0.15, -0.1) is 24.0 Å². The number of guanidine groups is 1. The van der Waals surface area contributed by atoms with Crippen LogP contribution >= 0.6 is 24.0 Å². The number of hydrogen-bond acceptors (Lipinski definition) is 3. The number of likely N-dealkylation sites (N-methyl/N-ethyl adjacent to an activating group) is 1. The standard InChI is InChI=1S/C20H33N5.HI/c1-16(17-8-6-9-18(14-17)25-12-4-5-13-25)23-20(21-2)22-15-19-10-7-11-24(19)3;/h6,8-9,14,16,19H,4-5,7,10-13,15H2,1-3H3,(H2,21,22,23);1H. The number of likely N-dealkylation sites (tertiary alicyclic amines) is 1. The molecule has 2 N–H and O–H groups in total. The molecule has 0 bridgehead atoms. The lowest BCUT2D eigenvalue weighted by molar-refractivity contribution is 0.309. The number of nitrogens with one attached hydrogen (secondary N) is 2. The van der Waals surface area contributed by atoms with E-state index in [1.54, 1.807) is 0 Å². The van der Waals surface area contributed by atoms with Crippen LogP contribution in [-0.2, 0) is 0 Å². The molecule has 6 heteroatoms. The summed E-state index contributed by atoms with van der Waals surface area (Å²) in [7, 11) is 4.06. The van der Waals surface area contributed by atoms with E-state index in [0.717, 1.165) is 12.5 Å². The number of benzene rings is 1. The fourth-order valence-electron chi connectivity index (χ4n) is 3.90. The molecule has 2 unspecified atom stereocenters. The lowest BCUT2D eigenvalue weighted by Crippen LogP contribution is -2.44. The molecule has 0 spiro atoms. The van der Waals surface area contributed by atoms with Gasteiger partial charge in [0.1, 0.15) is 0 Å². The van der Waals surface area contributed by atoms with Gasteiger partial charge in [0, 0.05) is 38.4 Å². The predicted molar refractivity (Wildman–Crippen MR) is 122 cm³/mol. The Hall–Kier alpha value is -1.02. The Balaban J connectivity index is 0.00000243. The van der Waals surface area contributed by atoms with E-state index in [1.165, 1.54) is 56.6 Å². The van der Waals surface area contributed by atoms with Crippen molar-refractivity contribution in [1.29, 1.82) is 0 Å². The van der Waals surface area contributed by atoms with Crippen LogP contribution < -0.4 is 15.5 Å². The Morgan fingerprint density at radius 3 is 2.65 bits per heavy atom. The van der Waals surface area contributed by atoms with E-state index in [1.807, 2.05) is 7.05 Å². The van der Waals surface area contributed by atoms with Gasteiger partial charge < -0.3 is 20.4 Å². The second kappa shape index (κ2) is 10.3. The number of rotatable bonds is 5. The van der Waals surface area contributed by atoms with E-state index in [2.05, 4.69) is 63.7 Å². The molecule has 2 heterocycles. The fraction of sp³-hybridized carbons (Fsp3) is 0.650. The molecule has 2 fully saturated rings. The summed E-state index contributed by atoms with van der Waals surface area (Å²) in [5.41, 5.74) is 2.66. The molecule has 0 radical (unpaired) electrons. The number of halogens is 1. The molecule has 2 aliphatic rings. The van der Waals surface area contributed by atoms with Crippen LogP contribution in [0.3, 0.4) is 0 Å². The van der Waals surface area contributed by atoms with Gasteiger partial charge >= 0.3 is 0 Å². The molecule has 1 aromatic carbocycles. The second-order valence-electron chi connectivity index (χ2n) is 7.38. The Morgan fingerprint density at radius 2 is 2.00 bits per heavy atom. The van der Waals surface area contributed by atoms with Gasteiger partial charge in [-0.2, -0.15) is 0 Å². The molecule has 0 aliphatic carbocycles. The number of anilines is 1. The van der Waals surface area contributed by atoms with Crippen molar-refractivity contribution in [3.63, 3.8) is 0 Å². The normalized spacial score (nSPS) is 22.2. The Bertz CT molecular complexity index is 585. The molecule has 2 atom stereocenters. The van der Waals surface area contributed by atoms with Crippen LogP contribution in [0.2, 0.25) is 0 Å². The number of hydrogen-bond donors (Lipinski definition) is 2. The minimum Gasteiger partial charge on any atom is -0.372 e. The Morgan fingerprint density at radius 1 is 1.23 bits per heavy atom. The highest BCUT2D eigenvalue weighted by molar-refractivity contribution is 14.0. The molecule has 3 rings (SSSR count). The largest absolute Gasteiger partial charge is 0.372 e. The first-order chi connectivity index (χ1) is 12.2. The monoisotopic (exact) mass is 471 g/mol. The van der Waals surface area contributed by atoms with Crippen LogP contribution in [0.4, 0.5) is 5.69 Å². The third-order valence-electron chi connectivity index (χ3n) is 5.59. The summed E-state index contributed by atoms with van der Waals surface area (Å²) in [5.74, 6) is 0.888. The SMILES string of the molecule is CN=C(NCC1CCCN1C)NC(C)c1cccc(N2CCCC2)c1.I. The van der Waals surface area contributed by atoms with Gasteiger partial charge in [0.2, 0.25) is 0 Å². The van der Waals surface area contributed by atoms with Gasteiger partial charge in [-0.1, -0.05) is 12.1 Å². The van der Waals surface area contributed by atoms with Crippen LogP contribution in [0.15, 0.2) is 29.3 Å². The average molecular weight is 471 g/mol. The molecule has 2 saturated heterocycles. The molecular weight excluding hydrogens is 437 g/mol. The lowest BCUT2D eigenvalue weighted by atomic mass is 10.1. The summed E-state index contributed by atoms with van der Waals surface area (Å²) in [5, 5.41) is 7.04. The van der Waals surface area contributed by atoms with Gasteiger partial charge in [0.15, 0.2) is 5.96 Å². The summed E-state index contributed by atoms with van der Waals surface area (Å²) in [6.07, 6.45) is 5.19. The maximum absolute atomic E-state index is 4.40. The first kappa shape index (κ1) is 21.3. The zero-order chi connectivity index (χ0) is 17.6. The number of nitrogens with zero attached hydrogens (tertiary/aromatic N) is 3. The molecule has 0 amide bonds. The molecular formula is C20H34IN5. The van der Waals surface area contributed by atoms with Crippen molar-refractivity contribution < 1.29 is 0 Å². The van der Waals surface area contributed by atoms with E-state index in [4.69, 9.17) is 0 Å². The summed E-state index contributed by atoms with van der Waals surface area (Å²) in [6.45, 7) is 6.74. The third kappa shape index (κ3) is 5.49. The Labute approximate surface area is 175 Å². The zero-order valence-corrected chi connectivity index (χ0v) is 18.7.